The Morgan fingerprint density at radius 1 is 1.21 bits per heavy atom. The molecule has 4 aromatic rings. The predicted octanol–water partition coefficient (Wildman–Crippen LogP) is 4.99. The summed E-state index contributed by atoms with van der Waals surface area (Å²) < 4.78 is 3.49. The smallest absolute Gasteiger partial charge is 0.276 e. The molecule has 0 aliphatic carbocycles. The Hall–Kier alpha value is -2.70. The summed E-state index contributed by atoms with van der Waals surface area (Å²) >= 11 is 7.52. The Morgan fingerprint density at radius 2 is 2.04 bits per heavy atom. The monoisotopic (exact) mass is 411 g/mol. The van der Waals surface area contributed by atoms with Gasteiger partial charge in [-0.3, -0.25) is 9.59 Å². The second-order valence-corrected chi connectivity index (χ2v) is 8.07. The molecule has 0 fully saturated rings. The van der Waals surface area contributed by atoms with Crippen LogP contribution in [0, 0.1) is 6.92 Å². The molecule has 0 atom stereocenters. The molecule has 7 heteroatoms. The maximum absolute atomic E-state index is 13.0. The molecule has 2 aromatic heterocycles. The van der Waals surface area contributed by atoms with Gasteiger partial charge in [0.1, 0.15) is 0 Å². The SMILES string of the molecule is Cc1nn(CCCC(=O)Nc2cccc(Cl)c2)c(=O)c2c1sc1ccccc12. The average molecular weight is 412 g/mol. The van der Waals surface area contributed by atoms with Crippen LogP contribution in [0.2, 0.25) is 5.02 Å². The van der Waals surface area contributed by atoms with Crippen LogP contribution < -0.4 is 10.9 Å². The maximum Gasteiger partial charge on any atom is 0.276 e. The zero-order chi connectivity index (χ0) is 19.7. The van der Waals surface area contributed by atoms with Gasteiger partial charge in [0.25, 0.3) is 5.56 Å². The van der Waals surface area contributed by atoms with Gasteiger partial charge in [-0.25, -0.2) is 4.68 Å². The number of rotatable bonds is 5. The van der Waals surface area contributed by atoms with E-state index >= 15 is 0 Å². The van der Waals surface area contributed by atoms with Crippen LogP contribution in [-0.2, 0) is 11.3 Å². The molecule has 0 unspecified atom stereocenters. The molecular formula is C21H18ClN3O2S. The van der Waals surface area contributed by atoms with Crippen molar-refractivity contribution in [3.05, 3.63) is 69.6 Å². The van der Waals surface area contributed by atoms with Gasteiger partial charge in [-0.05, 0) is 37.6 Å². The van der Waals surface area contributed by atoms with Gasteiger partial charge in [-0.15, -0.1) is 11.3 Å². The van der Waals surface area contributed by atoms with Crippen LogP contribution in [0.5, 0.6) is 0 Å². The summed E-state index contributed by atoms with van der Waals surface area (Å²) in [6.45, 7) is 2.31. The minimum absolute atomic E-state index is 0.103. The molecule has 0 radical (unpaired) electrons. The molecule has 0 aliphatic heterocycles. The minimum Gasteiger partial charge on any atom is -0.326 e. The van der Waals surface area contributed by atoms with E-state index in [1.807, 2.05) is 31.2 Å². The summed E-state index contributed by atoms with van der Waals surface area (Å²) in [5.74, 6) is -0.117. The summed E-state index contributed by atoms with van der Waals surface area (Å²) in [6.07, 6.45) is 0.814. The maximum atomic E-state index is 13.0. The van der Waals surface area contributed by atoms with E-state index < -0.39 is 0 Å². The van der Waals surface area contributed by atoms with Gasteiger partial charge in [0.2, 0.25) is 5.91 Å². The quantitative estimate of drug-likeness (QED) is 0.503. The third-order valence-electron chi connectivity index (χ3n) is 4.53. The lowest BCUT2D eigenvalue weighted by Crippen LogP contribution is -2.24. The predicted molar refractivity (Wildman–Crippen MR) is 115 cm³/mol. The molecule has 0 spiro atoms. The molecule has 4 rings (SSSR count). The van der Waals surface area contributed by atoms with Crippen LogP contribution in [-0.4, -0.2) is 15.7 Å². The molecule has 1 N–H and O–H groups in total. The summed E-state index contributed by atoms with van der Waals surface area (Å²) in [6, 6.07) is 14.9. The van der Waals surface area contributed by atoms with Crippen LogP contribution in [0.3, 0.4) is 0 Å². The van der Waals surface area contributed by atoms with E-state index in [1.54, 1.807) is 35.6 Å². The van der Waals surface area contributed by atoms with Gasteiger partial charge in [-0.2, -0.15) is 5.10 Å². The molecule has 0 bridgehead atoms. The number of aromatic nitrogens is 2. The lowest BCUT2D eigenvalue weighted by Gasteiger charge is -2.08. The minimum atomic E-state index is -0.117. The molecule has 0 aliphatic rings. The van der Waals surface area contributed by atoms with E-state index in [2.05, 4.69) is 10.4 Å². The van der Waals surface area contributed by atoms with Crippen molar-refractivity contribution >= 4 is 54.7 Å². The van der Waals surface area contributed by atoms with Gasteiger partial charge in [-0.1, -0.05) is 35.9 Å². The summed E-state index contributed by atoms with van der Waals surface area (Å²) in [5.41, 5.74) is 1.39. The van der Waals surface area contributed by atoms with E-state index in [0.717, 1.165) is 25.9 Å². The Morgan fingerprint density at radius 3 is 2.86 bits per heavy atom. The number of anilines is 1. The highest BCUT2D eigenvalue weighted by Gasteiger charge is 2.14. The Kier molecular flexibility index (Phi) is 5.15. The van der Waals surface area contributed by atoms with Gasteiger partial charge in [0, 0.05) is 33.8 Å². The van der Waals surface area contributed by atoms with Crippen molar-refractivity contribution in [1.29, 1.82) is 0 Å². The standard InChI is InChI=1S/C21H18ClN3O2S/c1-13-20-19(16-8-2-3-9-17(16)28-20)21(27)25(24-13)11-5-10-18(26)23-15-7-4-6-14(22)12-15/h2-4,6-9,12H,5,10-11H2,1H3,(H,23,26). The van der Waals surface area contributed by atoms with E-state index in [0.29, 0.717) is 30.1 Å². The van der Waals surface area contributed by atoms with E-state index in [-0.39, 0.29) is 11.5 Å². The number of aryl methyl sites for hydroxylation is 2. The van der Waals surface area contributed by atoms with Crippen molar-refractivity contribution in [2.45, 2.75) is 26.3 Å². The molecule has 1 amide bonds. The number of halogens is 1. The average Bonchev–Trinajstić information content (AvgIpc) is 3.06. The van der Waals surface area contributed by atoms with Gasteiger partial charge < -0.3 is 5.32 Å². The van der Waals surface area contributed by atoms with Crippen molar-refractivity contribution in [2.75, 3.05) is 5.32 Å². The van der Waals surface area contributed by atoms with Crippen molar-refractivity contribution in [3.8, 4) is 0 Å². The summed E-state index contributed by atoms with van der Waals surface area (Å²) in [5, 5.41) is 9.52. The molecule has 28 heavy (non-hydrogen) atoms. The molecule has 2 aromatic carbocycles. The first kappa shape index (κ1) is 18.7. The third-order valence-corrected chi connectivity index (χ3v) is 6.04. The number of amides is 1. The van der Waals surface area contributed by atoms with Crippen molar-refractivity contribution in [1.82, 2.24) is 9.78 Å². The van der Waals surface area contributed by atoms with Gasteiger partial charge in [0.05, 0.1) is 15.8 Å². The second-order valence-electron chi connectivity index (χ2n) is 6.58. The number of thiophene rings is 1. The molecule has 142 valence electrons. The number of fused-ring (bicyclic) bond motifs is 3. The van der Waals surface area contributed by atoms with Gasteiger partial charge in [0.15, 0.2) is 0 Å². The molecule has 0 saturated carbocycles. The van der Waals surface area contributed by atoms with Crippen molar-refractivity contribution < 1.29 is 4.79 Å². The Balaban J connectivity index is 1.50. The van der Waals surface area contributed by atoms with Crippen LogP contribution >= 0.6 is 22.9 Å². The molecule has 2 heterocycles. The summed E-state index contributed by atoms with van der Waals surface area (Å²) in [7, 11) is 0. The Labute approximate surface area is 170 Å². The molecule has 0 saturated heterocycles. The van der Waals surface area contributed by atoms with Crippen LogP contribution in [0.4, 0.5) is 5.69 Å². The first-order chi connectivity index (χ1) is 13.5. The fourth-order valence-electron chi connectivity index (χ4n) is 3.24. The highest BCUT2D eigenvalue weighted by molar-refractivity contribution is 7.26. The summed E-state index contributed by atoms with van der Waals surface area (Å²) in [4.78, 5) is 25.1. The van der Waals surface area contributed by atoms with E-state index in [1.165, 1.54) is 4.68 Å². The zero-order valence-electron chi connectivity index (χ0n) is 15.2. The number of carbonyl (C=O) groups excluding carboxylic acids is 1. The van der Waals surface area contributed by atoms with Crippen LogP contribution in [0.15, 0.2) is 53.3 Å². The van der Waals surface area contributed by atoms with Crippen molar-refractivity contribution in [3.63, 3.8) is 0 Å². The zero-order valence-corrected chi connectivity index (χ0v) is 16.8. The molecule has 5 nitrogen and oxygen atoms in total. The largest absolute Gasteiger partial charge is 0.326 e. The number of hydrogen-bond acceptors (Lipinski definition) is 4. The van der Waals surface area contributed by atoms with E-state index in [9.17, 15) is 9.59 Å². The number of benzene rings is 2. The highest BCUT2D eigenvalue weighted by atomic mass is 35.5. The van der Waals surface area contributed by atoms with Crippen LogP contribution in [0.1, 0.15) is 18.5 Å². The molecular weight excluding hydrogens is 394 g/mol. The Bertz CT molecular complexity index is 1250. The van der Waals surface area contributed by atoms with Crippen molar-refractivity contribution in [2.24, 2.45) is 0 Å². The van der Waals surface area contributed by atoms with Gasteiger partial charge >= 0.3 is 0 Å². The number of nitrogens with one attached hydrogen (secondary N) is 1. The second kappa shape index (κ2) is 7.73. The third kappa shape index (κ3) is 3.66. The normalized spacial score (nSPS) is 11.2. The lowest BCUT2D eigenvalue weighted by molar-refractivity contribution is -0.116. The van der Waals surface area contributed by atoms with Crippen LogP contribution in [0.25, 0.3) is 20.2 Å². The number of hydrogen-bond donors (Lipinski definition) is 1. The lowest BCUT2D eigenvalue weighted by atomic mass is 10.2. The highest BCUT2D eigenvalue weighted by Crippen LogP contribution is 2.32. The first-order valence-electron chi connectivity index (χ1n) is 8.97. The topological polar surface area (TPSA) is 64.0 Å². The first-order valence-corrected chi connectivity index (χ1v) is 10.2. The number of nitrogens with zero attached hydrogens (tertiary/aromatic N) is 2. The number of carbonyl (C=O) groups is 1. The van der Waals surface area contributed by atoms with E-state index in [4.69, 9.17) is 11.6 Å². The fourth-order valence-corrected chi connectivity index (χ4v) is 4.57. The fraction of sp³-hybridized carbons (Fsp3) is 0.190.